The predicted octanol–water partition coefficient (Wildman–Crippen LogP) is 2.42. The zero-order chi connectivity index (χ0) is 15.5. The highest BCUT2D eigenvalue weighted by Gasteiger charge is 2.20. The number of nitrogens with one attached hydrogen (secondary N) is 1. The van der Waals surface area contributed by atoms with E-state index in [0.29, 0.717) is 11.9 Å². The van der Waals surface area contributed by atoms with Crippen molar-refractivity contribution in [2.24, 2.45) is 0 Å². The van der Waals surface area contributed by atoms with Crippen LogP contribution < -0.4 is 11.1 Å². The lowest BCUT2D eigenvalue weighted by Gasteiger charge is -2.22. The van der Waals surface area contributed by atoms with Gasteiger partial charge in [-0.2, -0.15) is 0 Å². The molecular weight excluding hydrogens is 250 g/mol. The van der Waals surface area contributed by atoms with Gasteiger partial charge >= 0.3 is 0 Å². The van der Waals surface area contributed by atoms with Crippen molar-refractivity contribution in [1.29, 1.82) is 0 Å². The Balaban J connectivity index is 2.82. The van der Waals surface area contributed by atoms with E-state index in [4.69, 9.17) is 5.73 Å². The van der Waals surface area contributed by atoms with Crippen LogP contribution in [-0.4, -0.2) is 41.0 Å². The number of likely N-dealkylation sites (N-methyl/N-ethyl adjacent to an activating group) is 1. The summed E-state index contributed by atoms with van der Waals surface area (Å²) in [4.78, 5) is 11.3. The van der Waals surface area contributed by atoms with Gasteiger partial charge in [0.2, 0.25) is 0 Å². The van der Waals surface area contributed by atoms with E-state index in [0.717, 1.165) is 30.3 Å². The summed E-state index contributed by atoms with van der Waals surface area (Å²) in [6.45, 7) is 14.4. The first-order valence-electron chi connectivity index (χ1n) is 7.21. The summed E-state index contributed by atoms with van der Waals surface area (Å²) in [5, 5.41) is 3.38. The van der Waals surface area contributed by atoms with Crippen molar-refractivity contribution in [1.82, 2.24) is 14.9 Å². The van der Waals surface area contributed by atoms with Gasteiger partial charge in [0, 0.05) is 30.1 Å². The Kier molecular flexibility index (Phi) is 5.34. The third-order valence-electron chi connectivity index (χ3n) is 3.49. The standard InChI is InChI=1S/C15H29N5/c1-10(2)20(7)9-8-17-13-11(3)12(16)18-14(19-13)15(4,5)6/h10H,8-9H2,1-7H3,(H3,16,17,18,19). The first-order chi connectivity index (χ1) is 9.12. The van der Waals surface area contributed by atoms with Crippen molar-refractivity contribution in [3.05, 3.63) is 11.4 Å². The van der Waals surface area contributed by atoms with Crippen LogP contribution in [0.2, 0.25) is 0 Å². The molecule has 0 atom stereocenters. The number of nitrogens with zero attached hydrogens (tertiary/aromatic N) is 3. The predicted molar refractivity (Wildman–Crippen MR) is 86.1 cm³/mol. The number of rotatable bonds is 5. The van der Waals surface area contributed by atoms with Gasteiger partial charge in [-0.15, -0.1) is 0 Å². The number of nitrogens with two attached hydrogens (primary N) is 1. The molecule has 0 bridgehead atoms. The molecule has 0 aliphatic rings. The summed E-state index contributed by atoms with van der Waals surface area (Å²) < 4.78 is 0. The zero-order valence-corrected chi connectivity index (χ0v) is 13.9. The number of aromatic nitrogens is 2. The van der Waals surface area contributed by atoms with Crippen LogP contribution in [0.5, 0.6) is 0 Å². The normalized spacial score (nSPS) is 12.2. The average molecular weight is 279 g/mol. The van der Waals surface area contributed by atoms with Gasteiger partial charge in [-0.25, -0.2) is 9.97 Å². The molecule has 114 valence electrons. The highest BCUT2D eigenvalue weighted by Crippen LogP contribution is 2.24. The second kappa shape index (κ2) is 6.39. The first kappa shape index (κ1) is 16.7. The molecule has 0 amide bonds. The van der Waals surface area contributed by atoms with Crippen molar-refractivity contribution in [2.45, 2.75) is 53.0 Å². The molecule has 20 heavy (non-hydrogen) atoms. The minimum atomic E-state index is -0.104. The molecule has 0 radical (unpaired) electrons. The van der Waals surface area contributed by atoms with Gasteiger partial charge in [0.05, 0.1) is 0 Å². The number of anilines is 2. The molecule has 0 aliphatic carbocycles. The van der Waals surface area contributed by atoms with E-state index in [2.05, 4.69) is 61.9 Å². The van der Waals surface area contributed by atoms with Crippen molar-refractivity contribution in [3.8, 4) is 0 Å². The van der Waals surface area contributed by atoms with E-state index in [-0.39, 0.29) is 5.41 Å². The fraction of sp³-hybridized carbons (Fsp3) is 0.733. The topological polar surface area (TPSA) is 67.1 Å². The van der Waals surface area contributed by atoms with E-state index in [1.807, 2.05) is 6.92 Å². The maximum absolute atomic E-state index is 6.00. The Morgan fingerprint density at radius 1 is 1.25 bits per heavy atom. The van der Waals surface area contributed by atoms with Crippen LogP contribution in [0.1, 0.15) is 46.0 Å². The molecule has 0 spiro atoms. The summed E-state index contributed by atoms with van der Waals surface area (Å²) >= 11 is 0. The fourth-order valence-corrected chi connectivity index (χ4v) is 1.65. The molecule has 5 nitrogen and oxygen atoms in total. The first-order valence-corrected chi connectivity index (χ1v) is 7.21. The Morgan fingerprint density at radius 3 is 2.35 bits per heavy atom. The second-order valence-electron chi connectivity index (χ2n) is 6.66. The lowest BCUT2D eigenvalue weighted by Crippen LogP contribution is -2.31. The molecule has 1 aromatic heterocycles. The maximum Gasteiger partial charge on any atom is 0.138 e. The fourth-order valence-electron chi connectivity index (χ4n) is 1.65. The zero-order valence-electron chi connectivity index (χ0n) is 13.9. The summed E-state index contributed by atoms with van der Waals surface area (Å²) in [6.07, 6.45) is 0. The highest BCUT2D eigenvalue weighted by atomic mass is 15.1. The Bertz CT molecular complexity index is 448. The van der Waals surface area contributed by atoms with Gasteiger partial charge < -0.3 is 16.0 Å². The van der Waals surface area contributed by atoms with Gasteiger partial charge in [0.15, 0.2) is 0 Å². The lowest BCUT2D eigenvalue weighted by molar-refractivity contribution is 0.284. The summed E-state index contributed by atoms with van der Waals surface area (Å²) in [5.74, 6) is 2.18. The minimum absolute atomic E-state index is 0.104. The van der Waals surface area contributed by atoms with Gasteiger partial charge in [-0.3, -0.25) is 0 Å². The van der Waals surface area contributed by atoms with E-state index >= 15 is 0 Å². The van der Waals surface area contributed by atoms with Crippen LogP contribution >= 0.6 is 0 Å². The van der Waals surface area contributed by atoms with Crippen LogP contribution in [0.4, 0.5) is 11.6 Å². The Morgan fingerprint density at radius 2 is 1.85 bits per heavy atom. The molecule has 1 heterocycles. The molecule has 0 fully saturated rings. The molecule has 0 aliphatic heterocycles. The largest absolute Gasteiger partial charge is 0.383 e. The molecule has 5 heteroatoms. The number of nitrogen functional groups attached to an aromatic ring is 1. The summed E-state index contributed by atoms with van der Waals surface area (Å²) in [7, 11) is 2.12. The summed E-state index contributed by atoms with van der Waals surface area (Å²) in [5.41, 5.74) is 6.81. The molecule has 1 aromatic rings. The van der Waals surface area contributed by atoms with Crippen LogP contribution in [0.3, 0.4) is 0 Å². The van der Waals surface area contributed by atoms with Crippen molar-refractivity contribution < 1.29 is 0 Å². The second-order valence-corrected chi connectivity index (χ2v) is 6.66. The molecule has 3 N–H and O–H groups in total. The van der Waals surface area contributed by atoms with Crippen molar-refractivity contribution in [2.75, 3.05) is 31.2 Å². The van der Waals surface area contributed by atoms with Crippen LogP contribution in [0.25, 0.3) is 0 Å². The highest BCUT2D eigenvalue weighted by molar-refractivity contribution is 5.55. The SMILES string of the molecule is Cc1c(N)nc(C(C)(C)C)nc1NCCN(C)C(C)C. The minimum Gasteiger partial charge on any atom is -0.383 e. The average Bonchev–Trinajstić information content (AvgIpc) is 2.32. The number of hydrogen-bond acceptors (Lipinski definition) is 5. The molecular formula is C15H29N5. The summed E-state index contributed by atoms with van der Waals surface area (Å²) in [6, 6.07) is 0.540. The Labute approximate surface area is 123 Å². The van der Waals surface area contributed by atoms with Gasteiger partial charge in [0.1, 0.15) is 17.5 Å². The van der Waals surface area contributed by atoms with Gasteiger partial charge in [-0.1, -0.05) is 20.8 Å². The molecule has 0 unspecified atom stereocenters. The van der Waals surface area contributed by atoms with Gasteiger partial charge in [0.25, 0.3) is 0 Å². The maximum atomic E-state index is 6.00. The monoisotopic (exact) mass is 279 g/mol. The van der Waals surface area contributed by atoms with Crippen molar-refractivity contribution in [3.63, 3.8) is 0 Å². The van der Waals surface area contributed by atoms with Crippen LogP contribution in [-0.2, 0) is 5.41 Å². The molecule has 0 saturated carbocycles. The third kappa shape index (κ3) is 4.34. The van der Waals surface area contributed by atoms with E-state index in [1.165, 1.54) is 0 Å². The van der Waals surface area contributed by atoms with Gasteiger partial charge in [-0.05, 0) is 27.8 Å². The quantitative estimate of drug-likeness (QED) is 0.866. The van der Waals surface area contributed by atoms with E-state index in [1.54, 1.807) is 0 Å². The number of hydrogen-bond donors (Lipinski definition) is 2. The lowest BCUT2D eigenvalue weighted by atomic mass is 9.95. The smallest absolute Gasteiger partial charge is 0.138 e. The van der Waals surface area contributed by atoms with E-state index in [9.17, 15) is 0 Å². The van der Waals surface area contributed by atoms with Crippen molar-refractivity contribution >= 4 is 11.6 Å². The third-order valence-corrected chi connectivity index (χ3v) is 3.49. The molecule has 0 saturated heterocycles. The van der Waals surface area contributed by atoms with Crippen LogP contribution in [0, 0.1) is 6.92 Å². The molecule has 0 aromatic carbocycles. The Hall–Kier alpha value is -1.36. The van der Waals surface area contributed by atoms with E-state index < -0.39 is 0 Å². The van der Waals surface area contributed by atoms with Crippen LogP contribution in [0.15, 0.2) is 0 Å². The molecule has 1 rings (SSSR count).